The number of nitrogens with one attached hydrogen (secondary N) is 1. The molecule has 0 aliphatic heterocycles. The van der Waals surface area contributed by atoms with Gasteiger partial charge in [-0.3, -0.25) is 0 Å². The van der Waals surface area contributed by atoms with E-state index in [1.807, 2.05) is 0 Å². The van der Waals surface area contributed by atoms with Gasteiger partial charge in [-0.2, -0.15) is 0 Å². The van der Waals surface area contributed by atoms with Crippen molar-refractivity contribution in [3.63, 3.8) is 0 Å². The first-order valence-corrected chi connectivity index (χ1v) is 7.98. The molecule has 0 atom stereocenters. The van der Waals surface area contributed by atoms with Gasteiger partial charge >= 0.3 is 0 Å². The molecule has 0 bridgehead atoms. The van der Waals surface area contributed by atoms with Crippen LogP contribution in [0.1, 0.15) is 86.8 Å². The fourth-order valence-corrected chi connectivity index (χ4v) is 3.81. The fourth-order valence-electron chi connectivity index (χ4n) is 3.81. The zero-order valence-corrected chi connectivity index (χ0v) is 12.0. The second-order valence-corrected chi connectivity index (χ2v) is 6.47. The maximum absolute atomic E-state index is 9.61. The van der Waals surface area contributed by atoms with Crippen LogP contribution < -0.4 is 0 Å². The first-order chi connectivity index (χ1) is 9.24. The highest BCUT2D eigenvalue weighted by Crippen LogP contribution is 2.36. The van der Waals surface area contributed by atoms with Crippen LogP contribution in [-0.2, 0) is 0 Å². The Labute approximate surface area is 115 Å². The van der Waals surface area contributed by atoms with Crippen molar-refractivity contribution in [3.05, 3.63) is 17.2 Å². The van der Waals surface area contributed by atoms with Gasteiger partial charge in [0, 0.05) is 17.5 Å². The van der Waals surface area contributed by atoms with Gasteiger partial charge in [-0.25, -0.2) is 4.98 Å². The Morgan fingerprint density at radius 2 is 1.63 bits per heavy atom. The molecule has 1 aromatic rings. The molecule has 0 amide bonds. The summed E-state index contributed by atoms with van der Waals surface area (Å²) in [6.45, 7) is 2.18. The predicted molar refractivity (Wildman–Crippen MR) is 76.4 cm³/mol. The molecule has 0 radical (unpaired) electrons. The highest BCUT2D eigenvalue weighted by molar-refractivity contribution is 5.20. The quantitative estimate of drug-likeness (QED) is 0.852. The van der Waals surface area contributed by atoms with E-state index in [-0.39, 0.29) is 6.10 Å². The molecule has 3 nitrogen and oxygen atoms in total. The molecule has 0 saturated heterocycles. The van der Waals surface area contributed by atoms with E-state index in [2.05, 4.69) is 11.9 Å². The van der Waals surface area contributed by atoms with Crippen molar-refractivity contribution in [1.82, 2.24) is 9.97 Å². The van der Waals surface area contributed by atoms with E-state index in [1.54, 1.807) is 0 Å². The van der Waals surface area contributed by atoms with Crippen LogP contribution in [-0.4, -0.2) is 21.2 Å². The maximum atomic E-state index is 9.61. The number of imidazole rings is 1. The number of rotatable bonds is 2. The summed E-state index contributed by atoms with van der Waals surface area (Å²) in [5.41, 5.74) is 2.62. The SMILES string of the molecule is Cc1[nH]c(C2CCC(O)CC2)nc1C1CCCCC1. The van der Waals surface area contributed by atoms with Gasteiger partial charge in [-0.05, 0) is 45.4 Å². The number of aryl methyl sites for hydroxylation is 1. The van der Waals surface area contributed by atoms with Gasteiger partial charge in [0.1, 0.15) is 5.82 Å². The number of aromatic amines is 1. The third-order valence-electron chi connectivity index (χ3n) is 5.02. The van der Waals surface area contributed by atoms with Gasteiger partial charge in [0.2, 0.25) is 0 Å². The summed E-state index contributed by atoms with van der Waals surface area (Å²) in [5, 5.41) is 9.61. The molecule has 0 spiro atoms. The van der Waals surface area contributed by atoms with Crippen LogP contribution in [0.2, 0.25) is 0 Å². The number of aromatic nitrogens is 2. The molecule has 2 saturated carbocycles. The summed E-state index contributed by atoms with van der Waals surface area (Å²) in [6, 6.07) is 0. The largest absolute Gasteiger partial charge is 0.393 e. The Morgan fingerprint density at radius 1 is 0.947 bits per heavy atom. The van der Waals surface area contributed by atoms with Crippen LogP contribution >= 0.6 is 0 Å². The normalized spacial score (nSPS) is 29.6. The summed E-state index contributed by atoms with van der Waals surface area (Å²) >= 11 is 0. The number of aliphatic hydroxyl groups is 1. The Bertz CT molecular complexity index is 412. The molecular weight excluding hydrogens is 236 g/mol. The van der Waals surface area contributed by atoms with Crippen LogP contribution in [0.15, 0.2) is 0 Å². The number of hydrogen-bond donors (Lipinski definition) is 2. The molecule has 0 aromatic carbocycles. The molecule has 2 aliphatic rings. The van der Waals surface area contributed by atoms with E-state index in [9.17, 15) is 5.11 Å². The standard InChI is InChI=1S/C16H26N2O/c1-11-15(12-5-3-2-4-6-12)18-16(17-11)13-7-9-14(19)10-8-13/h12-14,19H,2-10H2,1H3,(H,17,18). The van der Waals surface area contributed by atoms with Gasteiger partial charge in [-0.15, -0.1) is 0 Å². The van der Waals surface area contributed by atoms with E-state index in [4.69, 9.17) is 4.98 Å². The second-order valence-electron chi connectivity index (χ2n) is 6.47. The third-order valence-corrected chi connectivity index (χ3v) is 5.02. The molecule has 0 unspecified atom stereocenters. The van der Waals surface area contributed by atoms with E-state index in [1.165, 1.54) is 49.3 Å². The fraction of sp³-hybridized carbons (Fsp3) is 0.812. The van der Waals surface area contributed by atoms with Crippen LogP contribution in [0.5, 0.6) is 0 Å². The maximum Gasteiger partial charge on any atom is 0.109 e. The summed E-state index contributed by atoms with van der Waals surface area (Å²) in [4.78, 5) is 8.48. The van der Waals surface area contributed by atoms with Crippen molar-refractivity contribution < 1.29 is 5.11 Å². The van der Waals surface area contributed by atoms with Crippen molar-refractivity contribution in [2.45, 2.75) is 82.7 Å². The smallest absolute Gasteiger partial charge is 0.109 e. The second kappa shape index (κ2) is 5.66. The highest BCUT2D eigenvalue weighted by atomic mass is 16.3. The van der Waals surface area contributed by atoms with Gasteiger partial charge in [0.15, 0.2) is 0 Å². The average Bonchev–Trinajstić information content (AvgIpc) is 2.83. The van der Waals surface area contributed by atoms with Crippen molar-refractivity contribution in [2.24, 2.45) is 0 Å². The van der Waals surface area contributed by atoms with E-state index < -0.39 is 0 Å². The molecule has 2 aliphatic carbocycles. The minimum atomic E-state index is -0.0786. The number of aliphatic hydroxyl groups excluding tert-OH is 1. The van der Waals surface area contributed by atoms with Crippen molar-refractivity contribution in [3.8, 4) is 0 Å². The molecule has 1 heterocycles. The Hall–Kier alpha value is -0.830. The zero-order chi connectivity index (χ0) is 13.2. The lowest BCUT2D eigenvalue weighted by molar-refractivity contribution is 0.121. The lowest BCUT2D eigenvalue weighted by Crippen LogP contribution is -2.17. The Balaban J connectivity index is 1.73. The zero-order valence-electron chi connectivity index (χ0n) is 12.0. The molecule has 19 heavy (non-hydrogen) atoms. The van der Waals surface area contributed by atoms with Gasteiger partial charge < -0.3 is 10.1 Å². The molecule has 2 fully saturated rings. The summed E-state index contributed by atoms with van der Waals surface area (Å²) in [7, 11) is 0. The van der Waals surface area contributed by atoms with Crippen molar-refractivity contribution in [1.29, 1.82) is 0 Å². The van der Waals surface area contributed by atoms with Crippen LogP contribution in [0.25, 0.3) is 0 Å². The van der Waals surface area contributed by atoms with Gasteiger partial charge in [0.05, 0.1) is 11.8 Å². The Morgan fingerprint density at radius 3 is 2.32 bits per heavy atom. The minimum Gasteiger partial charge on any atom is -0.393 e. The summed E-state index contributed by atoms with van der Waals surface area (Å²) in [5.74, 6) is 2.41. The van der Waals surface area contributed by atoms with Crippen molar-refractivity contribution >= 4 is 0 Å². The highest BCUT2D eigenvalue weighted by Gasteiger charge is 2.26. The monoisotopic (exact) mass is 262 g/mol. The van der Waals surface area contributed by atoms with Gasteiger partial charge in [-0.1, -0.05) is 19.3 Å². The molecule has 3 rings (SSSR count). The lowest BCUT2D eigenvalue weighted by atomic mass is 9.86. The van der Waals surface area contributed by atoms with Crippen LogP contribution in [0.4, 0.5) is 0 Å². The van der Waals surface area contributed by atoms with Gasteiger partial charge in [0.25, 0.3) is 0 Å². The molecule has 106 valence electrons. The van der Waals surface area contributed by atoms with Crippen LogP contribution in [0, 0.1) is 6.92 Å². The molecule has 2 N–H and O–H groups in total. The summed E-state index contributed by atoms with van der Waals surface area (Å²) in [6.07, 6.45) is 10.7. The van der Waals surface area contributed by atoms with Crippen LogP contribution in [0.3, 0.4) is 0 Å². The molecular formula is C16H26N2O. The van der Waals surface area contributed by atoms with E-state index >= 15 is 0 Å². The predicted octanol–water partition coefficient (Wildman–Crippen LogP) is 3.78. The number of hydrogen-bond acceptors (Lipinski definition) is 2. The first kappa shape index (κ1) is 13.2. The van der Waals surface area contributed by atoms with E-state index in [0.29, 0.717) is 11.8 Å². The number of nitrogens with zero attached hydrogens (tertiary/aromatic N) is 1. The molecule has 1 aromatic heterocycles. The minimum absolute atomic E-state index is 0.0786. The van der Waals surface area contributed by atoms with Crippen molar-refractivity contribution in [2.75, 3.05) is 0 Å². The topological polar surface area (TPSA) is 48.9 Å². The average molecular weight is 262 g/mol. The first-order valence-electron chi connectivity index (χ1n) is 7.98. The third kappa shape index (κ3) is 2.86. The lowest BCUT2D eigenvalue weighted by Gasteiger charge is -2.24. The number of H-pyrrole nitrogens is 1. The summed E-state index contributed by atoms with van der Waals surface area (Å²) < 4.78 is 0. The van der Waals surface area contributed by atoms with E-state index in [0.717, 1.165) is 25.7 Å². The molecule has 3 heteroatoms. The Kier molecular flexibility index (Phi) is 3.92.